The molecule has 0 saturated heterocycles. The molecule has 1 heterocycles. The molecule has 0 saturated carbocycles. The first kappa shape index (κ1) is 14.2. The van der Waals surface area contributed by atoms with E-state index in [1.54, 1.807) is 18.0 Å². The molecule has 18 heavy (non-hydrogen) atoms. The van der Waals surface area contributed by atoms with Gasteiger partial charge in [0.2, 0.25) is 5.82 Å². The quantitative estimate of drug-likeness (QED) is 0.562. The first-order valence-corrected chi connectivity index (χ1v) is 5.81. The number of hydrogen-bond acceptors (Lipinski definition) is 6. The lowest BCUT2D eigenvalue weighted by atomic mass is 10.3. The van der Waals surface area contributed by atoms with Crippen LogP contribution in [0.15, 0.2) is 12.1 Å². The van der Waals surface area contributed by atoms with Gasteiger partial charge in [0.25, 0.3) is 0 Å². The Labute approximate surface area is 106 Å². The van der Waals surface area contributed by atoms with Crippen molar-refractivity contribution in [3.8, 4) is 0 Å². The van der Waals surface area contributed by atoms with Gasteiger partial charge in [0.05, 0.1) is 11.5 Å². The summed E-state index contributed by atoms with van der Waals surface area (Å²) in [4.78, 5) is 16.2. The maximum Gasteiger partial charge on any atom is 0.311 e. The minimum Gasteiger partial charge on any atom is -0.395 e. The number of aliphatic hydroxyl groups excluding tert-OH is 1. The van der Waals surface area contributed by atoms with Gasteiger partial charge >= 0.3 is 5.69 Å². The molecule has 0 radical (unpaired) electrons. The minimum atomic E-state index is -0.472. The predicted molar refractivity (Wildman–Crippen MR) is 70.0 cm³/mol. The van der Waals surface area contributed by atoms with Crippen LogP contribution in [0.3, 0.4) is 0 Å². The van der Waals surface area contributed by atoms with Gasteiger partial charge in [0.15, 0.2) is 0 Å². The van der Waals surface area contributed by atoms with Gasteiger partial charge < -0.3 is 15.3 Å². The van der Waals surface area contributed by atoms with Gasteiger partial charge in [-0.25, -0.2) is 4.98 Å². The van der Waals surface area contributed by atoms with Gasteiger partial charge in [-0.3, -0.25) is 10.1 Å². The van der Waals surface area contributed by atoms with Gasteiger partial charge in [0.1, 0.15) is 5.82 Å². The van der Waals surface area contributed by atoms with E-state index in [4.69, 9.17) is 5.11 Å². The number of hydrogen-bond donors (Lipinski definition) is 2. The molecule has 0 aliphatic rings. The topological polar surface area (TPSA) is 91.5 Å². The third kappa shape index (κ3) is 3.56. The van der Waals surface area contributed by atoms with E-state index < -0.39 is 4.92 Å². The molecule has 0 spiro atoms. The largest absolute Gasteiger partial charge is 0.395 e. The van der Waals surface area contributed by atoms with E-state index in [0.29, 0.717) is 12.4 Å². The van der Waals surface area contributed by atoms with Gasteiger partial charge in [-0.05, 0) is 12.5 Å². The summed E-state index contributed by atoms with van der Waals surface area (Å²) in [6.07, 6.45) is 0.945. The fraction of sp³-hybridized carbons (Fsp3) is 0.545. The molecule has 1 aromatic rings. The van der Waals surface area contributed by atoms with Crippen molar-refractivity contribution in [3.63, 3.8) is 0 Å². The third-order valence-electron chi connectivity index (χ3n) is 2.40. The Hall–Kier alpha value is -1.89. The van der Waals surface area contributed by atoms with Gasteiger partial charge in [-0.2, -0.15) is 0 Å². The molecular formula is C11H18N4O3. The summed E-state index contributed by atoms with van der Waals surface area (Å²) in [7, 11) is 1.66. The number of nitrogens with one attached hydrogen (secondary N) is 1. The molecule has 0 fully saturated rings. The average Bonchev–Trinajstić information content (AvgIpc) is 2.36. The van der Waals surface area contributed by atoms with Gasteiger partial charge in [-0.1, -0.05) is 6.92 Å². The first-order valence-electron chi connectivity index (χ1n) is 5.81. The van der Waals surface area contributed by atoms with Crippen LogP contribution in [0.2, 0.25) is 0 Å². The van der Waals surface area contributed by atoms with E-state index in [2.05, 4.69) is 10.3 Å². The van der Waals surface area contributed by atoms with E-state index in [0.717, 1.165) is 13.0 Å². The molecule has 7 nitrogen and oxygen atoms in total. The fourth-order valence-electron chi connectivity index (χ4n) is 1.47. The molecular weight excluding hydrogens is 236 g/mol. The van der Waals surface area contributed by atoms with Crippen LogP contribution in [0.5, 0.6) is 0 Å². The van der Waals surface area contributed by atoms with Crippen molar-refractivity contribution in [1.82, 2.24) is 4.98 Å². The second kappa shape index (κ2) is 6.75. The average molecular weight is 254 g/mol. The second-order valence-electron chi connectivity index (χ2n) is 3.87. The number of anilines is 2. The third-order valence-corrected chi connectivity index (χ3v) is 2.40. The molecule has 1 rings (SSSR count). The van der Waals surface area contributed by atoms with Crippen molar-refractivity contribution in [2.45, 2.75) is 13.3 Å². The van der Waals surface area contributed by atoms with Crippen molar-refractivity contribution in [2.75, 3.05) is 37.0 Å². The van der Waals surface area contributed by atoms with Crippen LogP contribution in [-0.4, -0.2) is 41.8 Å². The smallest absolute Gasteiger partial charge is 0.311 e. The molecule has 0 atom stereocenters. The van der Waals surface area contributed by atoms with Crippen LogP contribution >= 0.6 is 0 Å². The SMILES string of the molecule is CCCNc1ccc([N+](=O)[O-])c(N(C)CCO)n1. The van der Waals surface area contributed by atoms with E-state index in [9.17, 15) is 10.1 Å². The Kier molecular flexibility index (Phi) is 5.31. The summed E-state index contributed by atoms with van der Waals surface area (Å²) < 4.78 is 0. The number of nitro groups is 1. The highest BCUT2D eigenvalue weighted by molar-refractivity contribution is 5.61. The number of aliphatic hydroxyl groups is 1. The molecule has 0 aliphatic heterocycles. The number of nitrogens with zero attached hydrogens (tertiary/aromatic N) is 3. The minimum absolute atomic E-state index is 0.0620. The Morgan fingerprint density at radius 1 is 1.56 bits per heavy atom. The molecule has 2 N–H and O–H groups in total. The summed E-state index contributed by atoms with van der Waals surface area (Å²) in [6.45, 7) is 3.00. The maximum atomic E-state index is 10.9. The van der Waals surface area contributed by atoms with Gasteiger partial charge in [0, 0.05) is 26.2 Å². The fourth-order valence-corrected chi connectivity index (χ4v) is 1.47. The second-order valence-corrected chi connectivity index (χ2v) is 3.87. The molecule has 0 aromatic carbocycles. The van der Waals surface area contributed by atoms with E-state index in [1.807, 2.05) is 6.92 Å². The highest BCUT2D eigenvalue weighted by atomic mass is 16.6. The summed E-state index contributed by atoms with van der Waals surface area (Å²) in [5, 5.41) is 22.9. The molecule has 0 unspecified atom stereocenters. The van der Waals surface area contributed by atoms with Crippen molar-refractivity contribution >= 4 is 17.3 Å². The van der Waals surface area contributed by atoms with E-state index in [1.165, 1.54) is 6.07 Å². The Bertz CT molecular complexity index is 411. The van der Waals surface area contributed by atoms with Gasteiger partial charge in [-0.15, -0.1) is 0 Å². The highest BCUT2D eigenvalue weighted by Crippen LogP contribution is 2.26. The molecule has 0 bridgehead atoms. The van der Waals surface area contributed by atoms with E-state index >= 15 is 0 Å². The predicted octanol–water partition coefficient (Wildman–Crippen LogP) is 1.24. The lowest BCUT2D eigenvalue weighted by Gasteiger charge is -2.17. The molecule has 0 amide bonds. The number of rotatable bonds is 7. The van der Waals surface area contributed by atoms with Crippen molar-refractivity contribution in [1.29, 1.82) is 0 Å². The van der Waals surface area contributed by atoms with Crippen LogP contribution < -0.4 is 10.2 Å². The summed E-state index contributed by atoms with van der Waals surface area (Å²) in [5.74, 6) is 0.859. The van der Waals surface area contributed by atoms with Crippen LogP contribution in [0, 0.1) is 10.1 Å². The zero-order valence-corrected chi connectivity index (χ0v) is 10.6. The van der Waals surface area contributed by atoms with Crippen molar-refractivity contribution < 1.29 is 10.0 Å². The lowest BCUT2D eigenvalue weighted by Crippen LogP contribution is -2.23. The zero-order chi connectivity index (χ0) is 13.5. The highest BCUT2D eigenvalue weighted by Gasteiger charge is 2.19. The van der Waals surface area contributed by atoms with Crippen LogP contribution in [-0.2, 0) is 0 Å². The molecule has 0 aliphatic carbocycles. The Morgan fingerprint density at radius 2 is 2.28 bits per heavy atom. The number of aromatic nitrogens is 1. The van der Waals surface area contributed by atoms with Crippen molar-refractivity contribution in [3.05, 3.63) is 22.2 Å². The normalized spacial score (nSPS) is 10.2. The maximum absolute atomic E-state index is 10.9. The standard InChI is InChI=1S/C11H18N4O3/c1-3-6-12-10-5-4-9(15(17)18)11(13-10)14(2)7-8-16/h4-5,16H,3,6-8H2,1-2H3,(H,12,13). The molecule has 1 aromatic heterocycles. The Balaban J connectivity index is 3.03. The zero-order valence-electron chi connectivity index (χ0n) is 10.6. The lowest BCUT2D eigenvalue weighted by molar-refractivity contribution is -0.384. The summed E-state index contributed by atoms with van der Waals surface area (Å²) in [5.41, 5.74) is -0.0620. The van der Waals surface area contributed by atoms with Crippen molar-refractivity contribution in [2.24, 2.45) is 0 Å². The van der Waals surface area contributed by atoms with Crippen LogP contribution in [0.25, 0.3) is 0 Å². The number of likely N-dealkylation sites (N-methyl/N-ethyl adjacent to an activating group) is 1. The van der Waals surface area contributed by atoms with Crippen LogP contribution in [0.1, 0.15) is 13.3 Å². The number of pyridine rings is 1. The van der Waals surface area contributed by atoms with Crippen LogP contribution in [0.4, 0.5) is 17.3 Å². The first-order chi connectivity index (χ1) is 8.60. The van der Waals surface area contributed by atoms with E-state index in [-0.39, 0.29) is 18.1 Å². The monoisotopic (exact) mass is 254 g/mol. The summed E-state index contributed by atoms with van der Waals surface area (Å²) in [6, 6.07) is 3.01. The molecule has 7 heteroatoms. The summed E-state index contributed by atoms with van der Waals surface area (Å²) >= 11 is 0. The Morgan fingerprint density at radius 3 is 2.83 bits per heavy atom. The molecule has 100 valence electrons.